The molecular formula is C14H15ClFNO. The summed E-state index contributed by atoms with van der Waals surface area (Å²) in [6, 6.07) is 4.28. The zero-order valence-corrected chi connectivity index (χ0v) is 10.7. The second-order valence-corrected chi connectivity index (χ2v) is 5.81. The molecule has 0 spiro atoms. The van der Waals surface area contributed by atoms with Crippen LogP contribution in [0.3, 0.4) is 0 Å². The molecule has 2 aliphatic rings. The third kappa shape index (κ3) is 2.12. The van der Waals surface area contributed by atoms with Crippen LogP contribution in [0.2, 0.25) is 5.02 Å². The van der Waals surface area contributed by atoms with Crippen LogP contribution in [-0.2, 0) is 4.79 Å². The van der Waals surface area contributed by atoms with Crippen molar-refractivity contribution in [1.82, 2.24) is 0 Å². The first-order valence-electron chi connectivity index (χ1n) is 6.39. The molecule has 2 nitrogen and oxygen atoms in total. The number of rotatable bonds is 2. The number of anilines is 1. The van der Waals surface area contributed by atoms with Crippen LogP contribution in [0.1, 0.15) is 25.7 Å². The number of carbonyl (C=O) groups excluding carboxylic acids is 1. The largest absolute Gasteiger partial charge is 0.326 e. The maximum atomic E-state index is 13.0. The van der Waals surface area contributed by atoms with Crippen molar-refractivity contribution in [3.8, 4) is 0 Å². The lowest BCUT2D eigenvalue weighted by atomic mass is 9.88. The van der Waals surface area contributed by atoms with Crippen LogP contribution in [-0.4, -0.2) is 5.91 Å². The molecule has 1 N–H and O–H groups in total. The molecule has 0 saturated heterocycles. The van der Waals surface area contributed by atoms with Gasteiger partial charge in [-0.3, -0.25) is 4.79 Å². The first kappa shape index (κ1) is 12.0. The SMILES string of the molecule is O=C(Nc1ccc(F)c(Cl)c1)[C@H]1C[C@H]2CC[C@@H]1C2. The molecule has 0 heterocycles. The summed E-state index contributed by atoms with van der Waals surface area (Å²) in [6.07, 6.45) is 4.65. The summed E-state index contributed by atoms with van der Waals surface area (Å²) in [5.74, 6) is 1.01. The molecular weight excluding hydrogens is 253 g/mol. The van der Waals surface area contributed by atoms with Crippen LogP contribution in [0, 0.1) is 23.6 Å². The van der Waals surface area contributed by atoms with Gasteiger partial charge in [-0.25, -0.2) is 4.39 Å². The van der Waals surface area contributed by atoms with Gasteiger partial charge in [-0.2, -0.15) is 0 Å². The highest BCUT2D eigenvalue weighted by Crippen LogP contribution is 2.48. The Labute approximate surface area is 111 Å². The van der Waals surface area contributed by atoms with E-state index in [0.29, 0.717) is 11.6 Å². The van der Waals surface area contributed by atoms with E-state index in [1.165, 1.54) is 31.4 Å². The summed E-state index contributed by atoms with van der Waals surface area (Å²) >= 11 is 5.69. The van der Waals surface area contributed by atoms with E-state index in [0.717, 1.165) is 12.3 Å². The Morgan fingerprint density at radius 3 is 2.78 bits per heavy atom. The molecule has 0 radical (unpaired) electrons. The van der Waals surface area contributed by atoms with Crippen molar-refractivity contribution in [3.63, 3.8) is 0 Å². The first-order chi connectivity index (χ1) is 8.63. The summed E-state index contributed by atoms with van der Waals surface area (Å²) in [7, 11) is 0. The second kappa shape index (κ2) is 4.54. The van der Waals surface area contributed by atoms with Gasteiger partial charge < -0.3 is 5.32 Å². The average Bonchev–Trinajstić information content (AvgIpc) is 2.96. The highest BCUT2D eigenvalue weighted by atomic mass is 35.5. The molecule has 18 heavy (non-hydrogen) atoms. The summed E-state index contributed by atoms with van der Waals surface area (Å²) < 4.78 is 13.0. The smallest absolute Gasteiger partial charge is 0.227 e. The van der Waals surface area contributed by atoms with Crippen LogP contribution < -0.4 is 5.32 Å². The topological polar surface area (TPSA) is 29.1 Å². The highest BCUT2D eigenvalue weighted by Gasteiger charge is 2.42. The Balaban J connectivity index is 1.69. The average molecular weight is 268 g/mol. The van der Waals surface area contributed by atoms with E-state index >= 15 is 0 Å². The van der Waals surface area contributed by atoms with E-state index < -0.39 is 5.82 Å². The Kier molecular flexibility index (Phi) is 3.02. The fourth-order valence-corrected chi connectivity index (χ4v) is 3.56. The number of amides is 1. The Hall–Kier alpha value is -1.09. The van der Waals surface area contributed by atoms with E-state index in [1.54, 1.807) is 6.07 Å². The third-order valence-electron chi connectivity index (χ3n) is 4.26. The van der Waals surface area contributed by atoms with Crippen molar-refractivity contribution in [2.45, 2.75) is 25.7 Å². The third-order valence-corrected chi connectivity index (χ3v) is 4.55. The molecule has 1 aromatic carbocycles. The van der Waals surface area contributed by atoms with Crippen molar-refractivity contribution in [2.24, 2.45) is 17.8 Å². The van der Waals surface area contributed by atoms with Crippen LogP contribution in [0.25, 0.3) is 0 Å². The number of fused-ring (bicyclic) bond motifs is 2. The molecule has 0 aromatic heterocycles. The molecule has 0 aliphatic heterocycles. The minimum atomic E-state index is -0.463. The molecule has 1 amide bonds. The van der Waals surface area contributed by atoms with Gasteiger partial charge >= 0.3 is 0 Å². The minimum absolute atomic E-state index is 0.0424. The lowest BCUT2D eigenvalue weighted by Gasteiger charge is -2.20. The lowest BCUT2D eigenvalue weighted by Crippen LogP contribution is -2.27. The Morgan fingerprint density at radius 2 is 2.17 bits per heavy atom. The van der Waals surface area contributed by atoms with E-state index in [4.69, 9.17) is 11.6 Å². The number of nitrogens with one attached hydrogen (secondary N) is 1. The number of hydrogen-bond acceptors (Lipinski definition) is 1. The maximum absolute atomic E-state index is 13.0. The predicted molar refractivity (Wildman–Crippen MR) is 69.0 cm³/mol. The fourth-order valence-electron chi connectivity index (χ4n) is 3.37. The zero-order valence-electron chi connectivity index (χ0n) is 9.96. The summed E-state index contributed by atoms with van der Waals surface area (Å²) in [5.41, 5.74) is 0.578. The van der Waals surface area contributed by atoms with E-state index in [2.05, 4.69) is 5.32 Å². The van der Waals surface area contributed by atoms with Gasteiger partial charge in [-0.1, -0.05) is 18.0 Å². The number of halogens is 2. The first-order valence-corrected chi connectivity index (χ1v) is 6.77. The van der Waals surface area contributed by atoms with Crippen molar-refractivity contribution in [3.05, 3.63) is 29.0 Å². The molecule has 2 aliphatic carbocycles. The molecule has 2 bridgehead atoms. The highest BCUT2D eigenvalue weighted by molar-refractivity contribution is 6.31. The number of benzene rings is 1. The Bertz CT molecular complexity index is 491. The predicted octanol–water partition coefficient (Wildman–Crippen LogP) is 3.85. The van der Waals surface area contributed by atoms with Crippen LogP contribution in [0.15, 0.2) is 18.2 Å². The van der Waals surface area contributed by atoms with Crippen LogP contribution in [0.5, 0.6) is 0 Å². The summed E-state index contributed by atoms with van der Waals surface area (Å²) in [5, 5.41) is 2.89. The second-order valence-electron chi connectivity index (χ2n) is 5.40. The van der Waals surface area contributed by atoms with Gasteiger partial charge in [0.05, 0.1) is 5.02 Å². The molecule has 0 unspecified atom stereocenters. The Morgan fingerprint density at radius 1 is 1.33 bits per heavy atom. The molecule has 3 atom stereocenters. The van der Waals surface area contributed by atoms with Gasteiger partial charge in [0.25, 0.3) is 0 Å². The lowest BCUT2D eigenvalue weighted by molar-refractivity contribution is -0.121. The van der Waals surface area contributed by atoms with Gasteiger partial charge in [-0.15, -0.1) is 0 Å². The van der Waals surface area contributed by atoms with Gasteiger partial charge in [0, 0.05) is 11.6 Å². The minimum Gasteiger partial charge on any atom is -0.326 e. The van der Waals surface area contributed by atoms with Gasteiger partial charge in [-0.05, 0) is 49.3 Å². The van der Waals surface area contributed by atoms with E-state index in [9.17, 15) is 9.18 Å². The zero-order chi connectivity index (χ0) is 12.7. The van der Waals surface area contributed by atoms with E-state index in [-0.39, 0.29) is 16.8 Å². The van der Waals surface area contributed by atoms with Crippen molar-refractivity contribution in [2.75, 3.05) is 5.32 Å². The van der Waals surface area contributed by atoms with Gasteiger partial charge in [0.2, 0.25) is 5.91 Å². The molecule has 3 rings (SSSR count). The maximum Gasteiger partial charge on any atom is 0.227 e. The molecule has 2 fully saturated rings. The molecule has 2 saturated carbocycles. The van der Waals surface area contributed by atoms with Gasteiger partial charge in [0.15, 0.2) is 0 Å². The van der Waals surface area contributed by atoms with Crippen molar-refractivity contribution in [1.29, 1.82) is 0 Å². The summed E-state index contributed by atoms with van der Waals surface area (Å²) in [4.78, 5) is 12.2. The standard InChI is InChI=1S/C14H15ClFNO/c15-12-7-10(3-4-13(12)16)17-14(18)11-6-8-1-2-9(11)5-8/h3-4,7-9,11H,1-2,5-6H2,(H,17,18)/t8-,9+,11-/m0/s1. The van der Waals surface area contributed by atoms with Crippen LogP contribution in [0.4, 0.5) is 10.1 Å². The van der Waals surface area contributed by atoms with Gasteiger partial charge in [0.1, 0.15) is 5.82 Å². The molecule has 1 aromatic rings. The molecule has 4 heteroatoms. The van der Waals surface area contributed by atoms with Crippen molar-refractivity contribution < 1.29 is 9.18 Å². The number of hydrogen-bond donors (Lipinski definition) is 1. The van der Waals surface area contributed by atoms with Crippen LogP contribution >= 0.6 is 11.6 Å². The fraction of sp³-hybridized carbons (Fsp3) is 0.500. The normalized spacial score (nSPS) is 29.6. The monoisotopic (exact) mass is 267 g/mol. The quantitative estimate of drug-likeness (QED) is 0.866. The molecule has 96 valence electrons. The number of carbonyl (C=O) groups is 1. The van der Waals surface area contributed by atoms with E-state index in [1.807, 2.05) is 0 Å². The van der Waals surface area contributed by atoms with Crippen molar-refractivity contribution >= 4 is 23.2 Å². The summed E-state index contributed by atoms with van der Waals surface area (Å²) in [6.45, 7) is 0.